The topological polar surface area (TPSA) is 79.8 Å². The van der Waals surface area contributed by atoms with Crippen LogP contribution in [-0.4, -0.2) is 30.9 Å². The monoisotopic (exact) mass is 328 g/mol. The predicted molar refractivity (Wildman–Crippen MR) is 90.6 cm³/mol. The molecule has 0 aliphatic carbocycles. The number of aliphatic hydroxyl groups is 1. The highest BCUT2D eigenvalue weighted by molar-refractivity contribution is 5.90. The van der Waals surface area contributed by atoms with Gasteiger partial charge in [-0.25, -0.2) is 4.79 Å². The minimum atomic E-state index is -0.830. The number of benzene rings is 2. The van der Waals surface area contributed by atoms with Crippen molar-refractivity contribution >= 4 is 11.7 Å². The van der Waals surface area contributed by atoms with E-state index in [1.807, 2.05) is 31.2 Å². The van der Waals surface area contributed by atoms with Crippen LogP contribution in [0.15, 0.2) is 42.5 Å². The molecule has 3 N–H and O–H groups in total. The maximum absolute atomic E-state index is 12.0. The van der Waals surface area contributed by atoms with Crippen LogP contribution in [0.1, 0.15) is 17.2 Å². The smallest absolute Gasteiger partial charge is 0.319 e. The Kier molecular flexibility index (Phi) is 4.86. The van der Waals surface area contributed by atoms with Crippen LogP contribution in [0.2, 0.25) is 0 Å². The highest BCUT2D eigenvalue weighted by Crippen LogP contribution is 2.32. The highest BCUT2D eigenvalue weighted by atomic mass is 16.6. The zero-order chi connectivity index (χ0) is 16.9. The summed E-state index contributed by atoms with van der Waals surface area (Å²) in [4.78, 5) is 12.0. The first-order valence-electron chi connectivity index (χ1n) is 7.81. The van der Waals surface area contributed by atoms with Crippen molar-refractivity contribution in [1.82, 2.24) is 5.32 Å². The van der Waals surface area contributed by atoms with Crippen molar-refractivity contribution in [2.75, 3.05) is 25.1 Å². The summed E-state index contributed by atoms with van der Waals surface area (Å²) in [5.74, 6) is 1.28. The van der Waals surface area contributed by atoms with Gasteiger partial charge >= 0.3 is 6.03 Å². The predicted octanol–water partition coefficient (Wildman–Crippen LogP) is 2.62. The Hall–Kier alpha value is -2.73. The summed E-state index contributed by atoms with van der Waals surface area (Å²) in [5.41, 5.74) is 2.37. The van der Waals surface area contributed by atoms with E-state index in [0.29, 0.717) is 30.3 Å². The average molecular weight is 328 g/mol. The molecule has 0 saturated heterocycles. The minimum Gasteiger partial charge on any atom is -0.486 e. The molecule has 0 fully saturated rings. The molecule has 0 saturated carbocycles. The molecular weight excluding hydrogens is 308 g/mol. The first kappa shape index (κ1) is 16.1. The van der Waals surface area contributed by atoms with E-state index in [4.69, 9.17) is 9.47 Å². The molecule has 1 atom stereocenters. The van der Waals surface area contributed by atoms with Gasteiger partial charge in [-0.15, -0.1) is 0 Å². The molecule has 6 nitrogen and oxygen atoms in total. The molecule has 1 heterocycles. The Morgan fingerprint density at radius 1 is 1.17 bits per heavy atom. The lowest BCUT2D eigenvalue weighted by atomic mass is 10.1. The second-order valence-electron chi connectivity index (χ2n) is 5.57. The molecule has 2 aromatic carbocycles. The van der Waals surface area contributed by atoms with Gasteiger partial charge < -0.3 is 25.2 Å². The SMILES string of the molecule is Cc1ccccc1NC(=O)NCC(O)c1ccc2c(c1)OCCO2. The first-order valence-corrected chi connectivity index (χ1v) is 7.81. The van der Waals surface area contributed by atoms with Crippen LogP contribution in [0.4, 0.5) is 10.5 Å². The average Bonchev–Trinajstić information content (AvgIpc) is 2.61. The quantitative estimate of drug-likeness (QED) is 0.806. The molecule has 0 radical (unpaired) electrons. The van der Waals surface area contributed by atoms with Crippen LogP contribution in [-0.2, 0) is 0 Å². The van der Waals surface area contributed by atoms with Gasteiger partial charge in [-0.05, 0) is 36.2 Å². The lowest BCUT2D eigenvalue weighted by Gasteiger charge is -2.20. The molecule has 0 spiro atoms. The van der Waals surface area contributed by atoms with E-state index in [2.05, 4.69) is 10.6 Å². The van der Waals surface area contributed by atoms with Gasteiger partial charge in [0, 0.05) is 12.2 Å². The molecule has 1 unspecified atom stereocenters. The highest BCUT2D eigenvalue weighted by Gasteiger charge is 2.16. The van der Waals surface area contributed by atoms with E-state index in [-0.39, 0.29) is 12.6 Å². The van der Waals surface area contributed by atoms with Crippen molar-refractivity contribution < 1.29 is 19.4 Å². The van der Waals surface area contributed by atoms with Gasteiger partial charge in [-0.2, -0.15) is 0 Å². The minimum absolute atomic E-state index is 0.0946. The van der Waals surface area contributed by atoms with E-state index >= 15 is 0 Å². The fraction of sp³-hybridized carbons (Fsp3) is 0.278. The van der Waals surface area contributed by atoms with Crippen molar-refractivity contribution in [3.05, 3.63) is 53.6 Å². The number of urea groups is 1. The lowest BCUT2D eigenvalue weighted by molar-refractivity contribution is 0.163. The molecule has 126 valence electrons. The van der Waals surface area contributed by atoms with Gasteiger partial charge in [0.15, 0.2) is 11.5 Å². The number of fused-ring (bicyclic) bond motifs is 1. The van der Waals surface area contributed by atoms with E-state index in [1.54, 1.807) is 18.2 Å². The van der Waals surface area contributed by atoms with Crippen molar-refractivity contribution in [3.63, 3.8) is 0 Å². The Bertz CT molecular complexity index is 733. The molecule has 2 aromatic rings. The number of rotatable bonds is 4. The Balaban J connectivity index is 1.56. The summed E-state index contributed by atoms with van der Waals surface area (Å²) < 4.78 is 10.9. The Morgan fingerprint density at radius 3 is 2.71 bits per heavy atom. The van der Waals surface area contributed by atoms with Crippen molar-refractivity contribution in [2.24, 2.45) is 0 Å². The standard InChI is InChI=1S/C18H20N2O4/c1-12-4-2-3-5-14(12)20-18(22)19-11-15(21)13-6-7-16-17(10-13)24-9-8-23-16/h2-7,10,15,21H,8-9,11H2,1H3,(H2,19,20,22). The maximum atomic E-state index is 12.0. The number of aryl methyl sites for hydroxylation is 1. The second kappa shape index (κ2) is 7.23. The van der Waals surface area contributed by atoms with Crippen LogP contribution in [0.25, 0.3) is 0 Å². The van der Waals surface area contributed by atoms with E-state index in [9.17, 15) is 9.90 Å². The summed E-state index contributed by atoms with van der Waals surface area (Å²) >= 11 is 0. The second-order valence-corrected chi connectivity index (χ2v) is 5.57. The molecule has 1 aliphatic rings. The fourth-order valence-electron chi connectivity index (χ4n) is 2.45. The zero-order valence-electron chi connectivity index (χ0n) is 13.4. The summed E-state index contributed by atoms with van der Waals surface area (Å²) in [6, 6.07) is 12.4. The molecule has 24 heavy (non-hydrogen) atoms. The van der Waals surface area contributed by atoms with Gasteiger partial charge in [-0.1, -0.05) is 24.3 Å². The third-order valence-corrected chi connectivity index (χ3v) is 3.80. The van der Waals surface area contributed by atoms with E-state index in [0.717, 1.165) is 11.3 Å². The molecular formula is C18H20N2O4. The number of nitrogens with one attached hydrogen (secondary N) is 2. The van der Waals surface area contributed by atoms with Gasteiger partial charge in [-0.3, -0.25) is 0 Å². The molecule has 0 aromatic heterocycles. The molecule has 1 aliphatic heterocycles. The van der Waals surface area contributed by atoms with Gasteiger partial charge in [0.25, 0.3) is 0 Å². The maximum Gasteiger partial charge on any atom is 0.319 e. The number of hydrogen-bond acceptors (Lipinski definition) is 4. The normalized spacial score (nSPS) is 13.9. The van der Waals surface area contributed by atoms with Crippen molar-refractivity contribution in [2.45, 2.75) is 13.0 Å². The first-order chi connectivity index (χ1) is 11.6. The number of carbonyl (C=O) groups is 1. The van der Waals surface area contributed by atoms with Crippen molar-refractivity contribution in [3.8, 4) is 11.5 Å². The van der Waals surface area contributed by atoms with E-state index in [1.165, 1.54) is 0 Å². The number of anilines is 1. The number of hydrogen-bond donors (Lipinski definition) is 3. The Labute approximate surface area is 140 Å². The molecule has 0 bridgehead atoms. The fourth-order valence-corrected chi connectivity index (χ4v) is 2.45. The van der Waals surface area contributed by atoms with Crippen LogP contribution < -0.4 is 20.1 Å². The largest absolute Gasteiger partial charge is 0.486 e. The number of carbonyl (C=O) groups excluding carboxylic acids is 1. The van der Waals surface area contributed by atoms with Gasteiger partial charge in [0.2, 0.25) is 0 Å². The summed E-state index contributed by atoms with van der Waals surface area (Å²) in [6.45, 7) is 3.02. The number of ether oxygens (including phenoxy) is 2. The number of amides is 2. The summed E-state index contributed by atoms with van der Waals surface area (Å²) in [5, 5.41) is 15.7. The lowest BCUT2D eigenvalue weighted by Crippen LogP contribution is -2.32. The summed E-state index contributed by atoms with van der Waals surface area (Å²) in [7, 11) is 0. The van der Waals surface area contributed by atoms with Gasteiger partial charge in [0.1, 0.15) is 13.2 Å². The van der Waals surface area contributed by atoms with Crippen LogP contribution in [0.5, 0.6) is 11.5 Å². The third kappa shape index (κ3) is 3.78. The summed E-state index contributed by atoms with van der Waals surface area (Å²) in [6.07, 6.45) is -0.830. The molecule has 3 rings (SSSR count). The molecule has 6 heteroatoms. The Morgan fingerprint density at radius 2 is 1.92 bits per heavy atom. The van der Waals surface area contributed by atoms with Crippen LogP contribution >= 0.6 is 0 Å². The van der Waals surface area contributed by atoms with E-state index < -0.39 is 6.10 Å². The zero-order valence-corrected chi connectivity index (χ0v) is 13.4. The van der Waals surface area contributed by atoms with Gasteiger partial charge in [0.05, 0.1) is 6.10 Å². The van der Waals surface area contributed by atoms with Crippen LogP contribution in [0, 0.1) is 6.92 Å². The number of para-hydroxylation sites is 1. The van der Waals surface area contributed by atoms with Crippen LogP contribution in [0.3, 0.4) is 0 Å². The third-order valence-electron chi connectivity index (χ3n) is 3.80. The number of aliphatic hydroxyl groups excluding tert-OH is 1. The molecule has 2 amide bonds. The van der Waals surface area contributed by atoms with Crippen molar-refractivity contribution in [1.29, 1.82) is 0 Å².